The van der Waals surface area contributed by atoms with Crippen LogP contribution < -0.4 is 11.1 Å². The van der Waals surface area contributed by atoms with E-state index in [0.717, 1.165) is 13.0 Å². The molecule has 18 heavy (non-hydrogen) atoms. The van der Waals surface area contributed by atoms with Crippen LogP contribution in [0.4, 0.5) is 0 Å². The van der Waals surface area contributed by atoms with Gasteiger partial charge in [-0.1, -0.05) is 13.3 Å². The molecule has 3 N–H and O–H groups in total. The number of nitrogens with zero attached hydrogens (tertiary/aromatic N) is 1. The third-order valence-corrected chi connectivity index (χ3v) is 4.28. The smallest absolute Gasteiger partial charge is 0.234 e. The van der Waals surface area contributed by atoms with E-state index >= 15 is 0 Å². The second kappa shape index (κ2) is 6.53. The molecule has 4 nitrogen and oxygen atoms in total. The van der Waals surface area contributed by atoms with Crippen LogP contribution in [0.3, 0.4) is 0 Å². The minimum absolute atomic E-state index is 0.128. The highest BCUT2D eigenvalue weighted by Crippen LogP contribution is 2.22. The summed E-state index contributed by atoms with van der Waals surface area (Å²) in [7, 11) is 0. The predicted molar refractivity (Wildman–Crippen MR) is 73.3 cm³/mol. The fraction of sp³-hybridized carbons (Fsp3) is 0.929. The summed E-state index contributed by atoms with van der Waals surface area (Å²) in [5, 5.41) is 3.36. The van der Waals surface area contributed by atoms with Crippen LogP contribution in [0.1, 0.15) is 51.9 Å². The van der Waals surface area contributed by atoms with Gasteiger partial charge in [0.05, 0.1) is 6.04 Å². The molecule has 0 bridgehead atoms. The van der Waals surface area contributed by atoms with E-state index in [4.69, 9.17) is 5.73 Å². The van der Waals surface area contributed by atoms with Crippen LogP contribution in [0.2, 0.25) is 0 Å². The molecule has 4 heteroatoms. The first-order valence-electron chi connectivity index (χ1n) is 7.50. The van der Waals surface area contributed by atoms with Crippen molar-refractivity contribution in [1.82, 2.24) is 10.2 Å². The largest absolute Gasteiger partial charge is 0.368 e. The van der Waals surface area contributed by atoms with Crippen molar-refractivity contribution in [1.29, 1.82) is 0 Å². The van der Waals surface area contributed by atoms with Crippen LogP contribution in [-0.2, 0) is 4.79 Å². The number of piperidine rings is 1. The second-order valence-electron chi connectivity index (χ2n) is 5.78. The molecular weight excluding hydrogens is 226 g/mol. The highest BCUT2D eigenvalue weighted by molar-refractivity contribution is 5.79. The Balaban J connectivity index is 1.77. The molecule has 2 rings (SSSR count). The lowest BCUT2D eigenvalue weighted by molar-refractivity contribution is -0.120. The predicted octanol–water partition coefficient (Wildman–Crippen LogP) is 1.25. The monoisotopic (exact) mass is 253 g/mol. The Morgan fingerprint density at radius 1 is 1.39 bits per heavy atom. The molecule has 2 atom stereocenters. The van der Waals surface area contributed by atoms with Gasteiger partial charge in [0.2, 0.25) is 5.91 Å². The first kappa shape index (κ1) is 13.8. The standard InChI is InChI=1S/C14H27N3O/c1-2-12-5-3-4-9-17(12)10-8-13(14(15)18)16-11-6-7-11/h11-13,16H,2-10H2,1H3,(H2,15,18). The van der Waals surface area contributed by atoms with Crippen molar-refractivity contribution in [3.05, 3.63) is 0 Å². The van der Waals surface area contributed by atoms with Crippen molar-refractivity contribution in [2.24, 2.45) is 5.73 Å². The van der Waals surface area contributed by atoms with Crippen molar-refractivity contribution in [2.45, 2.75) is 70.0 Å². The van der Waals surface area contributed by atoms with Gasteiger partial charge in [-0.05, 0) is 45.1 Å². The molecular formula is C14H27N3O. The number of likely N-dealkylation sites (tertiary alicyclic amines) is 1. The van der Waals surface area contributed by atoms with E-state index in [2.05, 4.69) is 17.1 Å². The summed E-state index contributed by atoms with van der Waals surface area (Å²) >= 11 is 0. The Morgan fingerprint density at radius 2 is 2.17 bits per heavy atom. The molecule has 1 aliphatic carbocycles. The lowest BCUT2D eigenvalue weighted by Gasteiger charge is -2.35. The van der Waals surface area contributed by atoms with E-state index in [0.29, 0.717) is 12.1 Å². The van der Waals surface area contributed by atoms with Crippen LogP contribution in [0.5, 0.6) is 0 Å². The van der Waals surface area contributed by atoms with Gasteiger partial charge in [-0.3, -0.25) is 4.79 Å². The number of hydrogen-bond acceptors (Lipinski definition) is 3. The number of nitrogens with two attached hydrogens (primary N) is 1. The van der Waals surface area contributed by atoms with Gasteiger partial charge in [-0.15, -0.1) is 0 Å². The Morgan fingerprint density at radius 3 is 2.78 bits per heavy atom. The van der Waals surface area contributed by atoms with E-state index in [-0.39, 0.29) is 11.9 Å². The number of nitrogens with one attached hydrogen (secondary N) is 1. The molecule has 1 saturated carbocycles. The fourth-order valence-electron chi connectivity index (χ4n) is 2.95. The fourth-order valence-corrected chi connectivity index (χ4v) is 2.95. The molecule has 2 fully saturated rings. The first-order chi connectivity index (χ1) is 8.70. The van der Waals surface area contributed by atoms with Gasteiger partial charge in [0.1, 0.15) is 0 Å². The third kappa shape index (κ3) is 3.95. The summed E-state index contributed by atoms with van der Waals surface area (Å²) in [6.07, 6.45) is 8.45. The summed E-state index contributed by atoms with van der Waals surface area (Å²) in [4.78, 5) is 14.0. The van der Waals surface area contributed by atoms with Crippen molar-refractivity contribution >= 4 is 5.91 Å². The molecule has 0 radical (unpaired) electrons. The van der Waals surface area contributed by atoms with E-state index in [9.17, 15) is 4.79 Å². The van der Waals surface area contributed by atoms with Gasteiger partial charge in [0, 0.05) is 18.6 Å². The summed E-state index contributed by atoms with van der Waals surface area (Å²) in [5.41, 5.74) is 5.48. The maximum Gasteiger partial charge on any atom is 0.234 e. The Bertz CT molecular complexity index is 278. The SMILES string of the molecule is CCC1CCCCN1CCC(NC1CC1)C(N)=O. The molecule has 2 aliphatic rings. The van der Waals surface area contributed by atoms with Crippen LogP contribution >= 0.6 is 0 Å². The molecule has 1 amide bonds. The van der Waals surface area contributed by atoms with Crippen LogP contribution in [-0.4, -0.2) is 42.0 Å². The minimum Gasteiger partial charge on any atom is -0.368 e. The normalized spacial score (nSPS) is 27.1. The molecule has 1 heterocycles. The minimum atomic E-state index is -0.188. The number of primary amides is 1. The average Bonchev–Trinajstić information content (AvgIpc) is 3.18. The molecule has 1 saturated heterocycles. The number of carbonyl (C=O) groups is 1. The van der Waals surface area contributed by atoms with Gasteiger partial charge >= 0.3 is 0 Å². The molecule has 0 aromatic carbocycles. The van der Waals surface area contributed by atoms with Crippen LogP contribution in [0.25, 0.3) is 0 Å². The molecule has 0 spiro atoms. The van der Waals surface area contributed by atoms with Crippen molar-refractivity contribution in [3.63, 3.8) is 0 Å². The molecule has 0 aromatic rings. The molecule has 2 unspecified atom stereocenters. The van der Waals surface area contributed by atoms with Gasteiger partial charge in [-0.25, -0.2) is 0 Å². The lowest BCUT2D eigenvalue weighted by atomic mass is 9.99. The lowest BCUT2D eigenvalue weighted by Crippen LogP contribution is -2.47. The van der Waals surface area contributed by atoms with E-state index in [1.807, 2.05) is 0 Å². The number of hydrogen-bond donors (Lipinski definition) is 2. The number of amides is 1. The number of carbonyl (C=O) groups excluding carboxylic acids is 1. The summed E-state index contributed by atoms with van der Waals surface area (Å²) < 4.78 is 0. The van der Waals surface area contributed by atoms with Crippen LogP contribution in [0, 0.1) is 0 Å². The maximum absolute atomic E-state index is 11.4. The second-order valence-corrected chi connectivity index (χ2v) is 5.78. The van der Waals surface area contributed by atoms with E-state index < -0.39 is 0 Å². The summed E-state index contributed by atoms with van der Waals surface area (Å²) in [6, 6.07) is 1.14. The van der Waals surface area contributed by atoms with E-state index in [1.165, 1.54) is 45.1 Å². The van der Waals surface area contributed by atoms with Crippen molar-refractivity contribution in [2.75, 3.05) is 13.1 Å². The van der Waals surface area contributed by atoms with Crippen molar-refractivity contribution in [3.8, 4) is 0 Å². The maximum atomic E-state index is 11.4. The van der Waals surface area contributed by atoms with Gasteiger partial charge in [-0.2, -0.15) is 0 Å². The Labute approximate surface area is 110 Å². The first-order valence-corrected chi connectivity index (χ1v) is 7.50. The average molecular weight is 253 g/mol. The molecule has 104 valence electrons. The summed E-state index contributed by atoms with van der Waals surface area (Å²) in [6.45, 7) is 4.45. The quantitative estimate of drug-likeness (QED) is 0.718. The van der Waals surface area contributed by atoms with Crippen molar-refractivity contribution < 1.29 is 4.79 Å². The molecule has 0 aromatic heterocycles. The zero-order valence-electron chi connectivity index (χ0n) is 11.5. The van der Waals surface area contributed by atoms with Gasteiger partial charge in [0.25, 0.3) is 0 Å². The van der Waals surface area contributed by atoms with E-state index in [1.54, 1.807) is 0 Å². The van der Waals surface area contributed by atoms with Gasteiger partial charge in [0.15, 0.2) is 0 Å². The number of rotatable bonds is 7. The zero-order valence-corrected chi connectivity index (χ0v) is 11.5. The topological polar surface area (TPSA) is 58.4 Å². The highest BCUT2D eigenvalue weighted by atomic mass is 16.1. The van der Waals surface area contributed by atoms with Gasteiger partial charge < -0.3 is 16.0 Å². The highest BCUT2D eigenvalue weighted by Gasteiger charge is 2.28. The van der Waals surface area contributed by atoms with Crippen LogP contribution in [0.15, 0.2) is 0 Å². The zero-order chi connectivity index (χ0) is 13.0. The third-order valence-electron chi connectivity index (χ3n) is 4.28. The molecule has 1 aliphatic heterocycles. The Kier molecular flexibility index (Phi) is 5.01. The summed E-state index contributed by atoms with van der Waals surface area (Å²) in [5.74, 6) is -0.188. The Hall–Kier alpha value is -0.610.